The molecule has 194 valence electrons. The van der Waals surface area contributed by atoms with Crippen molar-refractivity contribution in [3.05, 3.63) is 90.1 Å². The van der Waals surface area contributed by atoms with Crippen molar-refractivity contribution in [1.82, 2.24) is 4.98 Å². The number of nitrogens with one attached hydrogen (secondary N) is 1. The average Bonchev–Trinajstić information content (AvgIpc) is 2.97. The number of esters is 1. The Bertz CT molecular complexity index is 1450. The third-order valence-corrected chi connectivity index (χ3v) is 6.68. The van der Waals surface area contributed by atoms with E-state index in [0.717, 1.165) is 54.2 Å². The second-order valence-electron chi connectivity index (χ2n) is 8.94. The molecule has 2 heterocycles. The van der Waals surface area contributed by atoms with Crippen molar-refractivity contribution in [1.29, 1.82) is 0 Å². The summed E-state index contributed by atoms with van der Waals surface area (Å²) in [6.45, 7) is 5.34. The molecule has 0 radical (unpaired) electrons. The largest absolute Gasteiger partial charge is 0.495 e. The zero-order chi connectivity index (χ0) is 26.5. The number of carbonyl (C=O) groups is 2. The van der Waals surface area contributed by atoms with Gasteiger partial charge in [0.15, 0.2) is 0 Å². The lowest BCUT2D eigenvalue weighted by molar-refractivity contribution is 0.0526. The van der Waals surface area contributed by atoms with Gasteiger partial charge in [0, 0.05) is 43.4 Å². The molecule has 0 atom stereocenters. The number of anilines is 3. The summed E-state index contributed by atoms with van der Waals surface area (Å²) in [7, 11) is 1.70. The Morgan fingerprint density at radius 2 is 1.53 bits per heavy atom. The molecule has 3 aromatic carbocycles. The fourth-order valence-electron chi connectivity index (χ4n) is 4.76. The molecule has 0 aliphatic carbocycles. The number of rotatable bonds is 7. The molecular formula is C30H30N4O4. The van der Waals surface area contributed by atoms with Crippen LogP contribution in [0.1, 0.15) is 27.6 Å². The Labute approximate surface area is 221 Å². The van der Waals surface area contributed by atoms with Gasteiger partial charge in [0.25, 0.3) is 5.91 Å². The number of benzene rings is 3. The molecule has 1 amide bonds. The van der Waals surface area contributed by atoms with Crippen LogP contribution in [0.5, 0.6) is 5.75 Å². The highest BCUT2D eigenvalue weighted by molar-refractivity contribution is 6.14. The summed E-state index contributed by atoms with van der Waals surface area (Å²) in [4.78, 5) is 34.5. The third-order valence-electron chi connectivity index (χ3n) is 6.68. The molecule has 4 aromatic rings. The van der Waals surface area contributed by atoms with Crippen LogP contribution in [0.4, 0.5) is 17.2 Å². The lowest BCUT2D eigenvalue weighted by atomic mass is 10.1. The minimum absolute atomic E-state index is 0.259. The van der Waals surface area contributed by atoms with Crippen molar-refractivity contribution >= 4 is 39.8 Å². The number of methoxy groups -OCH3 is 1. The molecule has 1 aliphatic rings. The Kier molecular flexibility index (Phi) is 7.40. The van der Waals surface area contributed by atoms with Gasteiger partial charge in [-0.25, -0.2) is 9.78 Å². The maximum atomic E-state index is 13.2. The minimum atomic E-state index is -0.389. The first kappa shape index (κ1) is 25.1. The molecule has 1 N–H and O–H groups in total. The Morgan fingerprint density at radius 1 is 0.868 bits per heavy atom. The fourth-order valence-corrected chi connectivity index (χ4v) is 4.76. The van der Waals surface area contributed by atoms with Gasteiger partial charge in [0.2, 0.25) is 0 Å². The van der Waals surface area contributed by atoms with Crippen LogP contribution >= 0.6 is 0 Å². The van der Waals surface area contributed by atoms with E-state index in [-0.39, 0.29) is 11.9 Å². The van der Waals surface area contributed by atoms with E-state index in [9.17, 15) is 9.59 Å². The van der Waals surface area contributed by atoms with E-state index in [1.807, 2.05) is 42.5 Å². The van der Waals surface area contributed by atoms with Crippen LogP contribution in [0, 0.1) is 0 Å². The zero-order valence-corrected chi connectivity index (χ0v) is 21.5. The van der Waals surface area contributed by atoms with Gasteiger partial charge < -0.3 is 24.6 Å². The number of amides is 1. The number of ether oxygens (including phenoxy) is 2. The minimum Gasteiger partial charge on any atom is -0.495 e. The molecular weight excluding hydrogens is 480 g/mol. The second-order valence-corrected chi connectivity index (χ2v) is 8.94. The van der Waals surface area contributed by atoms with E-state index in [2.05, 4.69) is 21.2 Å². The van der Waals surface area contributed by atoms with E-state index in [4.69, 9.17) is 14.5 Å². The van der Waals surface area contributed by atoms with E-state index in [1.54, 1.807) is 44.5 Å². The van der Waals surface area contributed by atoms with Crippen LogP contribution in [0.3, 0.4) is 0 Å². The third kappa shape index (κ3) is 5.11. The number of hydrogen-bond acceptors (Lipinski definition) is 7. The first-order valence-corrected chi connectivity index (χ1v) is 12.7. The summed E-state index contributed by atoms with van der Waals surface area (Å²) in [5.41, 5.74) is 2.61. The van der Waals surface area contributed by atoms with E-state index in [0.29, 0.717) is 23.4 Å². The van der Waals surface area contributed by atoms with Gasteiger partial charge >= 0.3 is 5.97 Å². The molecule has 8 heteroatoms. The summed E-state index contributed by atoms with van der Waals surface area (Å²) >= 11 is 0. The number of aromatic nitrogens is 1. The predicted octanol–water partition coefficient (Wildman–Crippen LogP) is 5.00. The molecule has 38 heavy (non-hydrogen) atoms. The number of pyridine rings is 1. The van der Waals surface area contributed by atoms with Crippen molar-refractivity contribution in [2.75, 3.05) is 55.0 Å². The maximum Gasteiger partial charge on any atom is 0.338 e. The summed E-state index contributed by atoms with van der Waals surface area (Å²) in [5.74, 6) is 1.09. The molecule has 1 saturated heterocycles. The first-order chi connectivity index (χ1) is 18.6. The van der Waals surface area contributed by atoms with Crippen molar-refractivity contribution < 1.29 is 19.1 Å². The molecule has 1 aromatic heterocycles. The Balaban J connectivity index is 1.33. The number of para-hydroxylation sites is 2. The van der Waals surface area contributed by atoms with E-state index >= 15 is 0 Å². The number of hydrogen-bond donors (Lipinski definition) is 1. The summed E-state index contributed by atoms with van der Waals surface area (Å²) < 4.78 is 10.6. The lowest BCUT2D eigenvalue weighted by Crippen LogP contribution is -2.47. The lowest BCUT2D eigenvalue weighted by Gasteiger charge is -2.37. The van der Waals surface area contributed by atoms with Gasteiger partial charge in [-0.05, 0) is 48.7 Å². The predicted molar refractivity (Wildman–Crippen MR) is 150 cm³/mol. The molecule has 0 spiro atoms. The molecule has 0 saturated carbocycles. The van der Waals surface area contributed by atoms with Gasteiger partial charge in [-0.1, -0.05) is 36.4 Å². The molecule has 5 rings (SSSR count). The first-order valence-electron chi connectivity index (χ1n) is 12.7. The highest BCUT2D eigenvalue weighted by atomic mass is 16.5. The van der Waals surface area contributed by atoms with Crippen LogP contribution < -0.4 is 19.9 Å². The second kappa shape index (κ2) is 11.2. The van der Waals surface area contributed by atoms with Crippen molar-refractivity contribution in [3.63, 3.8) is 0 Å². The van der Waals surface area contributed by atoms with Gasteiger partial charge in [0.05, 0.1) is 30.5 Å². The van der Waals surface area contributed by atoms with Crippen LogP contribution in [-0.4, -0.2) is 56.8 Å². The summed E-state index contributed by atoms with van der Waals surface area (Å²) in [5, 5.41) is 4.69. The van der Waals surface area contributed by atoms with Gasteiger partial charge in [-0.3, -0.25) is 4.79 Å². The maximum absolute atomic E-state index is 13.2. The van der Waals surface area contributed by atoms with Gasteiger partial charge in [-0.15, -0.1) is 0 Å². The topological polar surface area (TPSA) is 84.0 Å². The highest BCUT2D eigenvalue weighted by Gasteiger charge is 2.23. The number of fused-ring (bicyclic) bond motifs is 1. The highest BCUT2D eigenvalue weighted by Crippen LogP contribution is 2.32. The van der Waals surface area contributed by atoms with Crippen LogP contribution in [-0.2, 0) is 4.74 Å². The molecule has 1 fully saturated rings. The fraction of sp³-hybridized carbons (Fsp3) is 0.233. The standard InChI is InChI=1S/C30H30N4O4/c1-3-38-30(36)21-12-14-22(15-13-21)32-29(35)25-20-31-28(24-9-5-4-8-23(24)25)34-18-16-33(17-19-34)26-10-6-7-11-27(26)37-2/h4-15,20H,3,16-19H2,1-2H3,(H,32,35). The molecule has 0 bridgehead atoms. The number of nitrogens with zero attached hydrogens (tertiary/aromatic N) is 3. The van der Waals surface area contributed by atoms with Crippen molar-refractivity contribution in [2.45, 2.75) is 6.92 Å². The zero-order valence-electron chi connectivity index (χ0n) is 21.5. The normalized spacial score (nSPS) is 13.3. The van der Waals surface area contributed by atoms with Crippen molar-refractivity contribution in [2.24, 2.45) is 0 Å². The van der Waals surface area contributed by atoms with Crippen LogP contribution in [0.25, 0.3) is 10.8 Å². The Morgan fingerprint density at radius 3 is 2.24 bits per heavy atom. The average molecular weight is 511 g/mol. The van der Waals surface area contributed by atoms with Gasteiger partial charge in [0.1, 0.15) is 11.6 Å². The number of piperazine rings is 1. The van der Waals surface area contributed by atoms with Crippen LogP contribution in [0.2, 0.25) is 0 Å². The Hall–Kier alpha value is -4.59. The monoisotopic (exact) mass is 510 g/mol. The van der Waals surface area contributed by atoms with E-state index in [1.165, 1.54) is 0 Å². The van der Waals surface area contributed by atoms with Crippen LogP contribution in [0.15, 0.2) is 79.0 Å². The van der Waals surface area contributed by atoms with Gasteiger partial charge in [-0.2, -0.15) is 0 Å². The SMILES string of the molecule is CCOC(=O)c1ccc(NC(=O)c2cnc(N3CCN(c4ccccc4OC)CC3)c3ccccc23)cc1. The summed E-state index contributed by atoms with van der Waals surface area (Å²) in [6, 6.07) is 22.6. The molecule has 1 aliphatic heterocycles. The quantitative estimate of drug-likeness (QED) is 0.350. The van der Waals surface area contributed by atoms with Crippen molar-refractivity contribution in [3.8, 4) is 5.75 Å². The molecule has 8 nitrogen and oxygen atoms in total. The van der Waals surface area contributed by atoms with E-state index < -0.39 is 0 Å². The molecule has 0 unspecified atom stereocenters. The summed E-state index contributed by atoms with van der Waals surface area (Å²) in [6.07, 6.45) is 1.65. The smallest absolute Gasteiger partial charge is 0.338 e. The number of carbonyl (C=O) groups excluding carboxylic acids is 2.